The summed E-state index contributed by atoms with van der Waals surface area (Å²) < 4.78 is 5.22. The average Bonchev–Trinajstić information content (AvgIpc) is 2.95. The third kappa shape index (κ3) is 2.56. The summed E-state index contributed by atoms with van der Waals surface area (Å²) in [6.45, 7) is 5.81. The first-order valence-electron chi connectivity index (χ1n) is 7.84. The number of imide groups is 1. The topological polar surface area (TPSA) is 88.4 Å². The number of rotatable bonds is 3. The van der Waals surface area contributed by atoms with Crippen LogP contribution in [0.15, 0.2) is 22.8 Å². The maximum Gasteiger partial charge on any atom is 0.232 e. The smallest absolute Gasteiger partial charge is 0.232 e. The van der Waals surface area contributed by atoms with Crippen LogP contribution in [0.3, 0.4) is 0 Å². The molecule has 23 heavy (non-hydrogen) atoms. The minimum atomic E-state index is -0.762. The van der Waals surface area contributed by atoms with Gasteiger partial charge in [-0.1, -0.05) is 20.8 Å². The molecule has 2 aliphatic rings. The molecule has 3 amide bonds. The van der Waals surface area contributed by atoms with Crippen molar-refractivity contribution < 1.29 is 18.8 Å². The number of carbonyl (C=O) groups is 3. The summed E-state index contributed by atoms with van der Waals surface area (Å²) in [5, 5.41) is 5.34. The molecule has 1 saturated carbocycles. The average molecular weight is 318 g/mol. The second kappa shape index (κ2) is 4.94. The van der Waals surface area contributed by atoms with E-state index in [1.807, 2.05) is 20.8 Å². The predicted molar refractivity (Wildman–Crippen MR) is 81.9 cm³/mol. The van der Waals surface area contributed by atoms with Crippen molar-refractivity contribution in [2.45, 2.75) is 46.6 Å². The van der Waals surface area contributed by atoms with Gasteiger partial charge in [0.2, 0.25) is 17.7 Å². The molecule has 6 nitrogen and oxygen atoms in total. The molecule has 1 aliphatic carbocycles. The highest BCUT2D eigenvalue weighted by Crippen LogP contribution is 2.56. The highest BCUT2D eigenvalue weighted by Gasteiger charge is 2.60. The molecule has 1 aromatic heterocycles. The Morgan fingerprint density at radius 1 is 1.17 bits per heavy atom. The largest absolute Gasteiger partial charge is 0.467 e. The van der Waals surface area contributed by atoms with Crippen LogP contribution in [0.1, 0.15) is 45.8 Å². The zero-order chi connectivity index (χ0) is 16.9. The second-order valence-corrected chi connectivity index (χ2v) is 7.76. The van der Waals surface area contributed by atoms with Gasteiger partial charge < -0.3 is 9.73 Å². The van der Waals surface area contributed by atoms with Crippen LogP contribution in [0, 0.1) is 16.2 Å². The molecular formula is C17H22N2O4. The number of fused-ring (bicyclic) bond motifs is 2. The van der Waals surface area contributed by atoms with Gasteiger partial charge in [-0.05, 0) is 31.4 Å². The van der Waals surface area contributed by atoms with E-state index in [0.717, 1.165) is 0 Å². The molecule has 2 fully saturated rings. The van der Waals surface area contributed by atoms with Gasteiger partial charge in [0.05, 0.1) is 12.8 Å². The molecule has 6 heteroatoms. The fraction of sp³-hybridized carbons (Fsp3) is 0.588. The third-order valence-electron chi connectivity index (χ3n) is 5.22. The number of carbonyl (C=O) groups excluding carboxylic acids is 3. The molecule has 1 aliphatic heterocycles. The van der Waals surface area contributed by atoms with Crippen LogP contribution in [0.2, 0.25) is 0 Å². The van der Waals surface area contributed by atoms with E-state index in [4.69, 9.17) is 4.42 Å². The van der Waals surface area contributed by atoms with Crippen molar-refractivity contribution in [1.29, 1.82) is 0 Å². The van der Waals surface area contributed by atoms with Crippen LogP contribution in [-0.4, -0.2) is 17.7 Å². The van der Waals surface area contributed by atoms with Crippen LogP contribution < -0.4 is 10.6 Å². The van der Waals surface area contributed by atoms with Gasteiger partial charge in [-0.25, -0.2) is 0 Å². The Morgan fingerprint density at radius 2 is 1.78 bits per heavy atom. The first kappa shape index (κ1) is 15.8. The summed E-state index contributed by atoms with van der Waals surface area (Å²) in [4.78, 5) is 37.3. The van der Waals surface area contributed by atoms with Gasteiger partial charge >= 0.3 is 0 Å². The molecule has 124 valence electrons. The Hall–Kier alpha value is -2.11. The molecule has 2 heterocycles. The van der Waals surface area contributed by atoms with Crippen molar-refractivity contribution >= 4 is 17.7 Å². The predicted octanol–water partition coefficient (Wildman–Crippen LogP) is 1.75. The van der Waals surface area contributed by atoms with Gasteiger partial charge in [0.1, 0.15) is 5.76 Å². The molecule has 2 atom stereocenters. The zero-order valence-corrected chi connectivity index (χ0v) is 13.7. The normalized spacial score (nSPS) is 36.5. The zero-order valence-electron chi connectivity index (χ0n) is 13.7. The lowest BCUT2D eigenvalue weighted by Crippen LogP contribution is -2.63. The molecule has 2 N–H and O–H groups in total. The van der Waals surface area contributed by atoms with Gasteiger partial charge in [-0.15, -0.1) is 0 Å². The van der Waals surface area contributed by atoms with Crippen molar-refractivity contribution in [2.75, 3.05) is 0 Å². The minimum absolute atomic E-state index is 0.145. The summed E-state index contributed by atoms with van der Waals surface area (Å²) in [5.41, 5.74) is -2.16. The number of hydrogen-bond donors (Lipinski definition) is 2. The van der Waals surface area contributed by atoms with Crippen LogP contribution in [0.5, 0.6) is 0 Å². The van der Waals surface area contributed by atoms with Gasteiger partial charge in [0.15, 0.2) is 0 Å². The lowest BCUT2D eigenvalue weighted by Gasteiger charge is -2.53. The summed E-state index contributed by atoms with van der Waals surface area (Å²) in [5.74, 6) is -0.0211. The highest BCUT2D eigenvalue weighted by atomic mass is 16.3. The number of amides is 3. The molecule has 0 radical (unpaired) electrons. The fourth-order valence-electron chi connectivity index (χ4n) is 4.45. The van der Waals surface area contributed by atoms with E-state index in [9.17, 15) is 14.4 Å². The number of furan rings is 1. The van der Waals surface area contributed by atoms with Gasteiger partial charge in [0.25, 0.3) is 0 Å². The Bertz CT molecular complexity index is 638. The van der Waals surface area contributed by atoms with Crippen molar-refractivity contribution in [3.8, 4) is 0 Å². The minimum Gasteiger partial charge on any atom is -0.467 e. The molecule has 0 aromatic carbocycles. The van der Waals surface area contributed by atoms with E-state index in [1.54, 1.807) is 18.4 Å². The van der Waals surface area contributed by atoms with E-state index in [1.165, 1.54) is 0 Å². The van der Waals surface area contributed by atoms with Gasteiger partial charge in [-0.3, -0.25) is 19.7 Å². The molecule has 2 unspecified atom stereocenters. The monoisotopic (exact) mass is 318 g/mol. The maximum absolute atomic E-state index is 12.7. The Kier molecular flexibility index (Phi) is 3.39. The van der Waals surface area contributed by atoms with Gasteiger partial charge in [0, 0.05) is 16.2 Å². The molecule has 3 rings (SSSR count). The van der Waals surface area contributed by atoms with Crippen LogP contribution in [0.4, 0.5) is 0 Å². The summed E-state index contributed by atoms with van der Waals surface area (Å²) in [7, 11) is 0. The van der Waals surface area contributed by atoms with E-state index in [-0.39, 0.29) is 17.7 Å². The summed E-state index contributed by atoms with van der Waals surface area (Å²) in [6.07, 6.45) is 2.91. The number of piperidine rings is 1. The van der Waals surface area contributed by atoms with Crippen molar-refractivity contribution in [3.63, 3.8) is 0 Å². The molecule has 0 spiro atoms. The van der Waals surface area contributed by atoms with Crippen molar-refractivity contribution in [1.82, 2.24) is 10.6 Å². The molecule has 1 aromatic rings. The van der Waals surface area contributed by atoms with Crippen LogP contribution in [0.25, 0.3) is 0 Å². The lowest BCUT2D eigenvalue weighted by atomic mass is 9.52. The maximum atomic E-state index is 12.7. The van der Waals surface area contributed by atoms with E-state index in [2.05, 4.69) is 10.6 Å². The Labute approximate surface area is 135 Å². The Balaban J connectivity index is 1.82. The first-order chi connectivity index (χ1) is 10.7. The Morgan fingerprint density at radius 3 is 2.30 bits per heavy atom. The van der Waals surface area contributed by atoms with E-state index < -0.39 is 16.2 Å². The van der Waals surface area contributed by atoms with Crippen molar-refractivity contribution in [2.24, 2.45) is 16.2 Å². The van der Waals surface area contributed by atoms with Crippen LogP contribution >= 0.6 is 0 Å². The lowest BCUT2D eigenvalue weighted by molar-refractivity contribution is -0.164. The first-order valence-corrected chi connectivity index (χ1v) is 7.84. The number of nitrogens with one attached hydrogen (secondary N) is 2. The third-order valence-corrected chi connectivity index (χ3v) is 5.22. The molecule has 1 saturated heterocycles. The van der Waals surface area contributed by atoms with Crippen LogP contribution in [-0.2, 0) is 20.9 Å². The molecule has 2 bridgehead atoms. The van der Waals surface area contributed by atoms with E-state index >= 15 is 0 Å². The highest BCUT2D eigenvalue weighted by molar-refractivity contribution is 6.04. The standard InChI is InChI=1S/C17H22N2O4/c1-15(12(20)18-7-11-5-4-6-23-11)8-16(2)10-17(3,9-15)14(22)19-13(16)21/h4-6H,7-10H2,1-3H3,(H,18,20)(H,19,21,22). The van der Waals surface area contributed by atoms with Crippen molar-refractivity contribution in [3.05, 3.63) is 24.2 Å². The SMILES string of the molecule is CC1(C(=O)NCc2ccco2)CC2(C)CC(C)(C1)C(=O)NC2=O. The number of hydrogen-bond acceptors (Lipinski definition) is 4. The second-order valence-electron chi connectivity index (χ2n) is 7.76. The molecular weight excluding hydrogens is 296 g/mol. The summed E-state index contributed by atoms with van der Waals surface area (Å²) >= 11 is 0. The summed E-state index contributed by atoms with van der Waals surface area (Å²) in [6, 6.07) is 3.55. The van der Waals surface area contributed by atoms with Gasteiger partial charge in [-0.2, -0.15) is 0 Å². The van der Waals surface area contributed by atoms with E-state index in [0.29, 0.717) is 31.6 Å². The fourth-order valence-corrected chi connectivity index (χ4v) is 4.45. The quantitative estimate of drug-likeness (QED) is 0.831.